The van der Waals surface area contributed by atoms with Gasteiger partial charge in [-0.05, 0) is 71.4 Å². The Morgan fingerprint density at radius 2 is 1.78 bits per heavy atom. The second kappa shape index (κ2) is 9.32. The van der Waals surface area contributed by atoms with E-state index in [0.29, 0.717) is 6.42 Å². The quantitative estimate of drug-likeness (QED) is 0.653. The summed E-state index contributed by atoms with van der Waals surface area (Å²) in [7, 11) is 1.31. The molecule has 2 aromatic rings. The fraction of sp³-hybridized carbons (Fsp3) is 0.542. The summed E-state index contributed by atoms with van der Waals surface area (Å²) in [5.41, 5.74) is 3.43. The summed E-state index contributed by atoms with van der Waals surface area (Å²) in [5, 5.41) is 0. The van der Waals surface area contributed by atoms with Gasteiger partial charge in [-0.3, -0.25) is 4.90 Å². The lowest BCUT2D eigenvalue weighted by Gasteiger charge is -2.27. The SMILES string of the molecule is COC(=O)[C@@H]1C[C@@H](OCc2cc(C)cc(-n3c(C)ccc3C)n2)CN1C(=O)OC(C)(C)C. The van der Waals surface area contributed by atoms with Crippen molar-refractivity contribution >= 4 is 12.1 Å². The number of hydrogen-bond acceptors (Lipinski definition) is 6. The zero-order valence-electron chi connectivity index (χ0n) is 20.0. The number of carbonyl (C=O) groups excluding carboxylic acids is 2. The van der Waals surface area contributed by atoms with Crippen LogP contribution in [0.5, 0.6) is 0 Å². The number of esters is 1. The molecule has 2 aromatic heterocycles. The van der Waals surface area contributed by atoms with Crippen LogP contribution >= 0.6 is 0 Å². The normalized spacial score (nSPS) is 18.7. The molecule has 8 nitrogen and oxygen atoms in total. The van der Waals surface area contributed by atoms with Crippen LogP contribution in [0.3, 0.4) is 0 Å². The van der Waals surface area contributed by atoms with Crippen molar-refractivity contribution in [1.82, 2.24) is 14.5 Å². The molecular formula is C24H33N3O5. The Balaban J connectivity index is 1.73. The van der Waals surface area contributed by atoms with Crippen LogP contribution in [0.2, 0.25) is 0 Å². The number of aromatic nitrogens is 2. The van der Waals surface area contributed by atoms with E-state index in [1.54, 1.807) is 20.8 Å². The first-order valence-electron chi connectivity index (χ1n) is 10.8. The van der Waals surface area contributed by atoms with Crippen molar-refractivity contribution in [2.75, 3.05) is 13.7 Å². The lowest BCUT2D eigenvalue weighted by Crippen LogP contribution is -2.44. The van der Waals surface area contributed by atoms with Gasteiger partial charge in [0.2, 0.25) is 0 Å². The van der Waals surface area contributed by atoms with E-state index in [0.717, 1.165) is 28.5 Å². The fourth-order valence-corrected chi connectivity index (χ4v) is 3.94. The number of ether oxygens (including phenoxy) is 3. The van der Waals surface area contributed by atoms with Crippen molar-refractivity contribution in [1.29, 1.82) is 0 Å². The average Bonchev–Trinajstić information content (AvgIpc) is 3.27. The molecule has 1 fully saturated rings. The van der Waals surface area contributed by atoms with Crippen LogP contribution in [0.4, 0.5) is 4.79 Å². The predicted molar refractivity (Wildman–Crippen MR) is 120 cm³/mol. The van der Waals surface area contributed by atoms with Crippen LogP contribution < -0.4 is 0 Å². The highest BCUT2D eigenvalue weighted by Crippen LogP contribution is 2.25. The van der Waals surface area contributed by atoms with Gasteiger partial charge in [-0.1, -0.05) is 0 Å². The molecule has 3 heterocycles. The molecule has 0 N–H and O–H groups in total. The molecule has 1 aliphatic heterocycles. The molecule has 0 radical (unpaired) electrons. The van der Waals surface area contributed by atoms with Crippen LogP contribution in [-0.4, -0.2) is 57.9 Å². The summed E-state index contributed by atoms with van der Waals surface area (Å²) >= 11 is 0. The van der Waals surface area contributed by atoms with Gasteiger partial charge in [-0.15, -0.1) is 0 Å². The first-order valence-corrected chi connectivity index (χ1v) is 10.8. The van der Waals surface area contributed by atoms with Crippen molar-refractivity contribution < 1.29 is 23.8 Å². The third kappa shape index (κ3) is 5.48. The van der Waals surface area contributed by atoms with Crippen LogP contribution in [0, 0.1) is 20.8 Å². The number of nitrogens with zero attached hydrogens (tertiary/aromatic N) is 3. The Bertz CT molecular complexity index is 973. The predicted octanol–water partition coefficient (Wildman–Crippen LogP) is 3.87. The molecule has 174 valence electrons. The van der Waals surface area contributed by atoms with Crippen molar-refractivity contribution in [3.63, 3.8) is 0 Å². The van der Waals surface area contributed by atoms with Gasteiger partial charge < -0.3 is 18.8 Å². The summed E-state index contributed by atoms with van der Waals surface area (Å²) in [6.07, 6.45) is -0.526. The zero-order chi connectivity index (χ0) is 23.6. The van der Waals surface area contributed by atoms with Gasteiger partial charge in [0.15, 0.2) is 0 Å². The van der Waals surface area contributed by atoms with E-state index >= 15 is 0 Å². The maximum absolute atomic E-state index is 12.6. The minimum Gasteiger partial charge on any atom is -0.467 e. The molecule has 1 saturated heterocycles. The van der Waals surface area contributed by atoms with E-state index in [-0.39, 0.29) is 19.3 Å². The molecule has 0 saturated carbocycles. The van der Waals surface area contributed by atoms with Gasteiger partial charge in [0.25, 0.3) is 0 Å². The summed E-state index contributed by atoms with van der Waals surface area (Å²) in [6, 6.07) is 7.41. The van der Waals surface area contributed by atoms with Gasteiger partial charge in [0, 0.05) is 17.8 Å². The number of rotatable bonds is 5. The molecule has 0 aromatic carbocycles. The van der Waals surface area contributed by atoms with Crippen LogP contribution in [0.1, 0.15) is 49.8 Å². The van der Waals surface area contributed by atoms with Crippen molar-refractivity contribution in [2.24, 2.45) is 0 Å². The van der Waals surface area contributed by atoms with E-state index in [1.165, 1.54) is 12.0 Å². The Morgan fingerprint density at radius 1 is 1.12 bits per heavy atom. The lowest BCUT2D eigenvalue weighted by molar-refractivity contribution is -0.145. The van der Waals surface area contributed by atoms with Gasteiger partial charge in [0.1, 0.15) is 17.5 Å². The van der Waals surface area contributed by atoms with Crippen molar-refractivity contribution in [3.8, 4) is 5.82 Å². The standard InChI is InChI=1S/C24H33N3O5/c1-15-10-18(25-21(11-15)27-16(2)8-9-17(27)3)14-31-19-12-20(22(28)30-7)26(13-19)23(29)32-24(4,5)6/h8-11,19-20H,12-14H2,1-7H3/t19-,20+/m1/s1. The first-order chi connectivity index (χ1) is 15.0. The highest BCUT2D eigenvalue weighted by Gasteiger charge is 2.42. The highest BCUT2D eigenvalue weighted by atomic mass is 16.6. The van der Waals surface area contributed by atoms with E-state index < -0.39 is 23.7 Å². The highest BCUT2D eigenvalue weighted by molar-refractivity contribution is 5.82. The van der Waals surface area contributed by atoms with Crippen LogP contribution in [0.15, 0.2) is 24.3 Å². The van der Waals surface area contributed by atoms with Crippen molar-refractivity contribution in [2.45, 2.75) is 72.3 Å². The monoisotopic (exact) mass is 443 g/mol. The lowest BCUT2D eigenvalue weighted by atomic mass is 10.2. The summed E-state index contributed by atoms with van der Waals surface area (Å²) in [6.45, 7) is 12.0. The van der Waals surface area contributed by atoms with E-state index in [4.69, 9.17) is 19.2 Å². The van der Waals surface area contributed by atoms with Gasteiger partial charge in [-0.2, -0.15) is 0 Å². The number of amides is 1. The molecule has 3 rings (SSSR count). The fourth-order valence-electron chi connectivity index (χ4n) is 3.94. The number of pyridine rings is 1. The Kier molecular flexibility index (Phi) is 6.93. The third-order valence-electron chi connectivity index (χ3n) is 5.34. The molecule has 0 unspecified atom stereocenters. The molecule has 0 aliphatic carbocycles. The number of hydrogen-bond donors (Lipinski definition) is 0. The smallest absolute Gasteiger partial charge is 0.411 e. The van der Waals surface area contributed by atoms with Gasteiger partial charge in [-0.25, -0.2) is 14.6 Å². The Labute approximate surface area is 189 Å². The first kappa shape index (κ1) is 23.8. The zero-order valence-corrected chi connectivity index (χ0v) is 20.0. The van der Waals surface area contributed by atoms with Crippen LogP contribution in [-0.2, 0) is 25.6 Å². The molecule has 0 bridgehead atoms. The van der Waals surface area contributed by atoms with E-state index in [2.05, 4.69) is 16.7 Å². The minimum atomic E-state index is -0.731. The van der Waals surface area contributed by atoms with Gasteiger partial charge in [0.05, 0.1) is 32.1 Å². The molecule has 8 heteroatoms. The van der Waals surface area contributed by atoms with E-state index in [1.807, 2.05) is 32.9 Å². The maximum atomic E-state index is 12.6. The van der Waals surface area contributed by atoms with Crippen molar-refractivity contribution in [3.05, 3.63) is 46.9 Å². The molecule has 2 atom stereocenters. The van der Waals surface area contributed by atoms with Crippen LogP contribution in [0.25, 0.3) is 5.82 Å². The number of likely N-dealkylation sites (tertiary alicyclic amines) is 1. The second-order valence-electron chi connectivity index (χ2n) is 9.29. The number of carbonyl (C=O) groups is 2. The average molecular weight is 444 g/mol. The summed E-state index contributed by atoms with van der Waals surface area (Å²) in [5.74, 6) is 0.370. The Morgan fingerprint density at radius 3 is 2.38 bits per heavy atom. The molecule has 1 amide bonds. The number of methoxy groups -OCH3 is 1. The minimum absolute atomic E-state index is 0.253. The van der Waals surface area contributed by atoms with E-state index in [9.17, 15) is 9.59 Å². The largest absolute Gasteiger partial charge is 0.467 e. The Hall–Kier alpha value is -2.87. The molecule has 1 aliphatic rings. The molecule has 32 heavy (non-hydrogen) atoms. The third-order valence-corrected chi connectivity index (χ3v) is 5.34. The molecular weight excluding hydrogens is 410 g/mol. The number of aryl methyl sites for hydroxylation is 3. The summed E-state index contributed by atoms with van der Waals surface area (Å²) < 4.78 is 18.5. The topological polar surface area (TPSA) is 82.9 Å². The van der Waals surface area contributed by atoms with Gasteiger partial charge >= 0.3 is 12.1 Å². The second-order valence-corrected chi connectivity index (χ2v) is 9.29. The maximum Gasteiger partial charge on any atom is 0.411 e. The molecule has 0 spiro atoms. The summed E-state index contributed by atoms with van der Waals surface area (Å²) in [4.78, 5) is 31.0.